The molecule has 1 N–H and O–H groups in total. The molecule has 1 nitrogen and oxygen atoms in total. The number of benzene rings is 1. The standard InChI is InChI=1S/C14H14FN/c1-9-6-11-3-2-10-7-12(15)4-5-13(10)14(11)16-8-9/h2-5,7-8,11,14,16H,6H2,1H3. The highest BCUT2D eigenvalue weighted by Gasteiger charge is 2.28. The highest BCUT2D eigenvalue weighted by Crippen LogP contribution is 2.37. The van der Waals surface area contributed by atoms with Crippen LogP contribution in [-0.2, 0) is 0 Å². The lowest BCUT2D eigenvalue weighted by Gasteiger charge is -2.34. The third kappa shape index (κ3) is 1.45. The van der Waals surface area contributed by atoms with E-state index in [1.807, 2.05) is 12.1 Å². The zero-order valence-electron chi connectivity index (χ0n) is 9.20. The summed E-state index contributed by atoms with van der Waals surface area (Å²) < 4.78 is 13.1. The van der Waals surface area contributed by atoms with E-state index in [9.17, 15) is 4.39 Å². The Kier molecular flexibility index (Phi) is 2.10. The molecule has 0 bridgehead atoms. The summed E-state index contributed by atoms with van der Waals surface area (Å²) in [7, 11) is 0. The molecule has 0 saturated heterocycles. The Hall–Kier alpha value is -1.57. The monoisotopic (exact) mass is 215 g/mol. The van der Waals surface area contributed by atoms with Crippen LogP contribution in [0, 0.1) is 11.7 Å². The minimum atomic E-state index is -0.163. The van der Waals surface area contributed by atoms with Gasteiger partial charge in [0.2, 0.25) is 0 Å². The van der Waals surface area contributed by atoms with E-state index in [2.05, 4.69) is 24.5 Å². The first-order chi connectivity index (χ1) is 7.74. The molecule has 2 aliphatic rings. The van der Waals surface area contributed by atoms with E-state index in [4.69, 9.17) is 0 Å². The number of rotatable bonds is 0. The Morgan fingerprint density at radius 1 is 1.38 bits per heavy atom. The molecule has 0 radical (unpaired) electrons. The summed E-state index contributed by atoms with van der Waals surface area (Å²) in [5.41, 5.74) is 3.58. The van der Waals surface area contributed by atoms with Gasteiger partial charge in [0.05, 0.1) is 6.04 Å². The van der Waals surface area contributed by atoms with Crippen LogP contribution in [-0.4, -0.2) is 0 Å². The highest BCUT2D eigenvalue weighted by molar-refractivity contribution is 5.59. The number of fused-ring (bicyclic) bond motifs is 3. The van der Waals surface area contributed by atoms with Crippen molar-refractivity contribution in [2.75, 3.05) is 0 Å². The SMILES string of the molecule is CC1=CNC2c3ccc(F)cc3C=CC2C1. The highest BCUT2D eigenvalue weighted by atomic mass is 19.1. The van der Waals surface area contributed by atoms with E-state index < -0.39 is 0 Å². The Morgan fingerprint density at radius 2 is 2.25 bits per heavy atom. The number of hydrogen-bond donors (Lipinski definition) is 1. The van der Waals surface area contributed by atoms with Crippen LogP contribution in [0.4, 0.5) is 4.39 Å². The second-order valence-electron chi connectivity index (χ2n) is 4.64. The molecule has 1 aromatic carbocycles. The Morgan fingerprint density at radius 3 is 3.12 bits per heavy atom. The maximum atomic E-state index is 13.1. The van der Waals surface area contributed by atoms with Gasteiger partial charge in [0.1, 0.15) is 5.82 Å². The van der Waals surface area contributed by atoms with Crippen molar-refractivity contribution in [3.63, 3.8) is 0 Å². The molecule has 16 heavy (non-hydrogen) atoms. The summed E-state index contributed by atoms with van der Waals surface area (Å²) in [4.78, 5) is 0. The second-order valence-corrected chi connectivity index (χ2v) is 4.64. The normalized spacial score (nSPS) is 26.5. The molecule has 1 aromatic rings. The zero-order chi connectivity index (χ0) is 11.1. The van der Waals surface area contributed by atoms with Crippen LogP contribution in [0.5, 0.6) is 0 Å². The summed E-state index contributed by atoms with van der Waals surface area (Å²) in [5.74, 6) is 0.340. The fourth-order valence-corrected chi connectivity index (χ4v) is 2.60. The first-order valence-electron chi connectivity index (χ1n) is 5.63. The first kappa shape index (κ1) is 9.64. The van der Waals surface area contributed by atoms with Gasteiger partial charge in [0.15, 0.2) is 0 Å². The molecule has 2 unspecified atom stereocenters. The van der Waals surface area contributed by atoms with Crippen molar-refractivity contribution in [2.45, 2.75) is 19.4 Å². The summed E-state index contributed by atoms with van der Waals surface area (Å²) in [5, 5.41) is 3.41. The average molecular weight is 215 g/mol. The van der Waals surface area contributed by atoms with Crippen LogP contribution in [0.2, 0.25) is 0 Å². The largest absolute Gasteiger partial charge is 0.383 e. The smallest absolute Gasteiger partial charge is 0.123 e. The van der Waals surface area contributed by atoms with E-state index in [1.165, 1.54) is 11.1 Å². The van der Waals surface area contributed by atoms with Crippen molar-refractivity contribution in [1.82, 2.24) is 5.32 Å². The molecule has 0 spiro atoms. The molecule has 1 aliphatic heterocycles. The third-order valence-electron chi connectivity index (χ3n) is 3.40. The van der Waals surface area contributed by atoms with Gasteiger partial charge in [-0.05, 0) is 42.8 Å². The number of allylic oxidation sites excluding steroid dienone is 1. The van der Waals surface area contributed by atoms with Crippen molar-refractivity contribution in [3.8, 4) is 0 Å². The zero-order valence-corrected chi connectivity index (χ0v) is 9.20. The lowest BCUT2D eigenvalue weighted by Crippen LogP contribution is -2.30. The molecular weight excluding hydrogens is 201 g/mol. The Balaban J connectivity index is 2.05. The first-order valence-corrected chi connectivity index (χ1v) is 5.63. The summed E-state index contributed by atoms with van der Waals surface area (Å²) in [6.07, 6.45) is 7.40. The van der Waals surface area contributed by atoms with Crippen molar-refractivity contribution in [2.24, 2.45) is 5.92 Å². The van der Waals surface area contributed by atoms with Crippen LogP contribution >= 0.6 is 0 Å². The third-order valence-corrected chi connectivity index (χ3v) is 3.40. The molecule has 0 aromatic heterocycles. The van der Waals surface area contributed by atoms with E-state index >= 15 is 0 Å². The minimum Gasteiger partial charge on any atom is -0.383 e. The second kappa shape index (κ2) is 3.48. The van der Waals surface area contributed by atoms with Crippen LogP contribution in [0.1, 0.15) is 30.5 Å². The van der Waals surface area contributed by atoms with Gasteiger partial charge >= 0.3 is 0 Å². The molecule has 0 saturated carbocycles. The molecular formula is C14H14FN. The number of nitrogens with one attached hydrogen (secondary N) is 1. The van der Waals surface area contributed by atoms with E-state index in [1.54, 1.807) is 12.1 Å². The Bertz CT molecular complexity index is 488. The maximum Gasteiger partial charge on any atom is 0.123 e. The average Bonchev–Trinajstić information content (AvgIpc) is 2.28. The van der Waals surface area contributed by atoms with E-state index in [0.717, 1.165) is 12.0 Å². The van der Waals surface area contributed by atoms with Crippen LogP contribution < -0.4 is 5.32 Å². The van der Waals surface area contributed by atoms with Gasteiger partial charge in [-0.15, -0.1) is 0 Å². The minimum absolute atomic E-state index is 0.163. The molecule has 3 rings (SSSR count). The quantitative estimate of drug-likeness (QED) is 0.699. The van der Waals surface area contributed by atoms with Gasteiger partial charge in [0.25, 0.3) is 0 Å². The summed E-state index contributed by atoms with van der Waals surface area (Å²) in [6.45, 7) is 2.14. The molecule has 2 heteroatoms. The van der Waals surface area contributed by atoms with Gasteiger partial charge in [-0.1, -0.05) is 23.8 Å². The molecule has 2 atom stereocenters. The van der Waals surface area contributed by atoms with E-state index in [0.29, 0.717) is 12.0 Å². The number of halogens is 1. The molecule has 0 fully saturated rings. The van der Waals surface area contributed by atoms with Crippen molar-refractivity contribution in [3.05, 3.63) is 53.0 Å². The fraction of sp³-hybridized carbons (Fsp3) is 0.286. The Labute approximate surface area is 94.7 Å². The fourth-order valence-electron chi connectivity index (χ4n) is 2.60. The predicted octanol–water partition coefficient (Wildman–Crippen LogP) is 3.41. The molecule has 1 aliphatic carbocycles. The summed E-state index contributed by atoms with van der Waals surface area (Å²) >= 11 is 0. The van der Waals surface area contributed by atoms with Gasteiger partial charge in [-0.3, -0.25) is 0 Å². The summed E-state index contributed by atoms with van der Waals surface area (Å²) in [6, 6.07) is 5.36. The van der Waals surface area contributed by atoms with Crippen LogP contribution in [0.3, 0.4) is 0 Å². The van der Waals surface area contributed by atoms with Crippen molar-refractivity contribution in [1.29, 1.82) is 0 Å². The lowest BCUT2D eigenvalue weighted by molar-refractivity contribution is 0.432. The van der Waals surface area contributed by atoms with Gasteiger partial charge in [-0.25, -0.2) is 4.39 Å². The van der Waals surface area contributed by atoms with Crippen molar-refractivity contribution < 1.29 is 4.39 Å². The molecule has 0 amide bonds. The van der Waals surface area contributed by atoms with E-state index in [-0.39, 0.29) is 5.82 Å². The van der Waals surface area contributed by atoms with Crippen molar-refractivity contribution >= 4 is 6.08 Å². The lowest BCUT2D eigenvalue weighted by atomic mass is 9.80. The topological polar surface area (TPSA) is 12.0 Å². The molecule has 1 heterocycles. The maximum absolute atomic E-state index is 13.1. The van der Waals surface area contributed by atoms with Crippen LogP contribution in [0.15, 0.2) is 36.0 Å². The molecule has 82 valence electrons. The van der Waals surface area contributed by atoms with Crippen LogP contribution in [0.25, 0.3) is 6.08 Å². The van der Waals surface area contributed by atoms with Gasteiger partial charge in [0, 0.05) is 5.92 Å². The number of hydrogen-bond acceptors (Lipinski definition) is 1. The van der Waals surface area contributed by atoms with Gasteiger partial charge < -0.3 is 5.32 Å². The predicted molar refractivity (Wildman–Crippen MR) is 63.2 cm³/mol. The van der Waals surface area contributed by atoms with Gasteiger partial charge in [-0.2, -0.15) is 0 Å².